The van der Waals surface area contributed by atoms with Crippen LogP contribution >= 0.6 is 11.6 Å². The molecule has 3 aromatic rings. The van der Waals surface area contributed by atoms with E-state index in [9.17, 15) is 4.79 Å². The Morgan fingerprint density at radius 3 is 2.65 bits per heavy atom. The molecule has 3 nitrogen and oxygen atoms in total. The highest BCUT2D eigenvalue weighted by Gasteiger charge is 2.08. The van der Waals surface area contributed by atoms with Gasteiger partial charge in [-0.3, -0.25) is 9.78 Å². The molecule has 0 aliphatic carbocycles. The van der Waals surface area contributed by atoms with E-state index in [1.54, 1.807) is 36.5 Å². The molecule has 1 amide bonds. The van der Waals surface area contributed by atoms with Crippen molar-refractivity contribution in [3.05, 3.63) is 71.4 Å². The molecular formula is C16H11ClN2O. The van der Waals surface area contributed by atoms with Crippen molar-refractivity contribution in [3.8, 4) is 0 Å². The van der Waals surface area contributed by atoms with Crippen molar-refractivity contribution in [1.82, 2.24) is 4.98 Å². The Morgan fingerprint density at radius 1 is 1.05 bits per heavy atom. The minimum absolute atomic E-state index is 0.145. The van der Waals surface area contributed by atoms with Crippen LogP contribution in [0.5, 0.6) is 0 Å². The molecule has 0 bridgehead atoms. The van der Waals surface area contributed by atoms with Gasteiger partial charge in [-0.25, -0.2) is 0 Å². The summed E-state index contributed by atoms with van der Waals surface area (Å²) in [6.07, 6.45) is 1.65. The lowest BCUT2D eigenvalue weighted by atomic mass is 10.1. The Bertz CT molecular complexity index is 772. The molecule has 1 aromatic heterocycles. The summed E-state index contributed by atoms with van der Waals surface area (Å²) in [7, 11) is 0. The van der Waals surface area contributed by atoms with E-state index >= 15 is 0 Å². The number of hydrogen-bond donors (Lipinski definition) is 1. The molecule has 4 heteroatoms. The van der Waals surface area contributed by atoms with Gasteiger partial charge in [-0.05, 0) is 36.4 Å². The number of halogens is 1. The highest BCUT2D eigenvalue weighted by molar-refractivity contribution is 6.31. The summed E-state index contributed by atoms with van der Waals surface area (Å²) in [4.78, 5) is 16.4. The van der Waals surface area contributed by atoms with E-state index in [4.69, 9.17) is 11.6 Å². The van der Waals surface area contributed by atoms with E-state index in [-0.39, 0.29) is 5.91 Å². The third kappa shape index (κ3) is 2.49. The lowest BCUT2D eigenvalue weighted by Crippen LogP contribution is -2.12. The van der Waals surface area contributed by atoms with Gasteiger partial charge in [-0.1, -0.05) is 29.8 Å². The molecule has 0 spiro atoms. The van der Waals surface area contributed by atoms with E-state index in [2.05, 4.69) is 10.3 Å². The Balaban J connectivity index is 1.97. The Kier molecular flexibility index (Phi) is 3.35. The molecular weight excluding hydrogens is 272 g/mol. The van der Waals surface area contributed by atoms with Gasteiger partial charge in [0, 0.05) is 22.2 Å². The average Bonchev–Trinajstić information content (AvgIpc) is 2.48. The molecule has 2 aromatic carbocycles. The van der Waals surface area contributed by atoms with Gasteiger partial charge in [0.15, 0.2) is 0 Å². The third-order valence-electron chi connectivity index (χ3n) is 2.99. The number of carbonyl (C=O) groups excluding carboxylic acids is 1. The quantitative estimate of drug-likeness (QED) is 0.767. The van der Waals surface area contributed by atoms with Crippen LogP contribution in [0.15, 0.2) is 60.8 Å². The van der Waals surface area contributed by atoms with Crippen molar-refractivity contribution in [2.75, 3.05) is 5.32 Å². The van der Waals surface area contributed by atoms with Gasteiger partial charge in [0.25, 0.3) is 5.91 Å². The number of carbonyl (C=O) groups is 1. The summed E-state index contributed by atoms with van der Waals surface area (Å²) in [5.41, 5.74) is 2.09. The topological polar surface area (TPSA) is 42.0 Å². The molecule has 0 unspecified atom stereocenters. The number of fused-ring (bicyclic) bond motifs is 1. The molecule has 0 atom stereocenters. The summed E-state index contributed by atoms with van der Waals surface area (Å²) >= 11 is 5.95. The zero-order valence-electron chi connectivity index (χ0n) is 10.5. The highest BCUT2D eigenvalue weighted by atomic mass is 35.5. The van der Waals surface area contributed by atoms with Crippen LogP contribution in [0.25, 0.3) is 10.9 Å². The largest absolute Gasteiger partial charge is 0.321 e. The van der Waals surface area contributed by atoms with Crippen LogP contribution in [0.3, 0.4) is 0 Å². The van der Waals surface area contributed by atoms with E-state index < -0.39 is 0 Å². The summed E-state index contributed by atoms with van der Waals surface area (Å²) in [6.45, 7) is 0. The number of hydrogen-bond acceptors (Lipinski definition) is 2. The SMILES string of the molecule is O=C(Nc1ccnc2cc(Cl)ccc12)c1ccccc1. The van der Waals surface area contributed by atoms with Gasteiger partial charge in [-0.2, -0.15) is 0 Å². The van der Waals surface area contributed by atoms with Crippen molar-refractivity contribution in [2.24, 2.45) is 0 Å². The minimum Gasteiger partial charge on any atom is -0.321 e. The van der Waals surface area contributed by atoms with Crippen molar-refractivity contribution in [1.29, 1.82) is 0 Å². The fourth-order valence-electron chi connectivity index (χ4n) is 2.01. The van der Waals surface area contributed by atoms with Crippen molar-refractivity contribution < 1.29 is 4.79 Å². The lowest BCUT2D eigenvalue weighted by molar-refractivity contribution is 0.102. The van der Waals surface area contributed by atoms with Crippen LogP contribution in [-0.2, 0) is 0 Å². The normalized spacial score (nSPS) is 10.4. The maximum absolute atomic E-state index is 12.2. The fraction of sp³-hybridized carbons (Fsp3) is 0. The predicted molar refractivity (Wildman–Crippen MR) is 81.1 cm³/mol. The Labute approximate surface area is 121 Å². The second-order valence-electron chi connectivity index (χ2n) is 4.34. The van der Waals surface area contributed by atoms with Gasteiger partial charge in [0.05, 0.1) is 11.2 Å². The number of aromatic nitrogens is 1. The zero-order chi connectivity index (χ0) is 13.9. The number of benzene rings is 2. The molecule has 0 aliphatic rings. The minimum atomic E-state index is -0.145. The van der Waals surface area contributed by atoms with Crippen LogP contribution < -0.4 is 5.32 Å². The standard InChI is InChI=1S/C16H11ClN2O/c17-12-6-7-13-14(8-9-18-15(13)10-12)19-16(20)11-4-2-1-3-5-11/h1-10H,(H,18,19,20). The second-order valence-corrected chi connectivity index (χ2v) is 4.78. The third-order valence-corrected chi connectivity index (χ3v) is 3.22. The Morgan fingerprint density at radius 2 is 1.85 bits per heavy atom. The molecule has 0 radical (unpaired) electrons. The molecule has 0 saturated heterocycles. The Hall–Kier alpha value is -2.39. The van der Waals surface area contributed by atoms with Gasteiger partial charge in [0.2, 0.25) is 0 Å². The second kappa shape index (κ2) is 5.31. The smallest absolute Gasteiger partial charge is 0.255 e. The maximum atomic E-state index is 12.2. The zero-order valence-corrected chi connectivity index (χ0v) is 11.3. The number of nitrogens with zero attached hydrogens (tertiary/aromatic N) is 1. The number of pyridine rings is 1. The molecule has 1 heterocycles. The lowest BCUT2D eigenvalue weighted by Gasteiger charge is -2.08. The van der Waals surface area contributed by atoms with Gasteiger partial charge >= 0.3 is 0 Å². The van der Waals surface area contributed by atoms with E-state index in [0.717, 1.165) is 16.6 Å². The van der Waals surface area contributed by atoms with Crippen LogP contribution in [-0.4, -0.2) is 10.9 Å². The summed E-state index contributed by atoms with van der Waals surface area (Å²) in [5.74, 6) is -0.145. The van der Waals surface area contributed by atoms with E-state index in [0.29, 0.717) is 10.6 Å². The van der Waals surface area contributed by atoms with E-state index in [1.165, 1.54) is 0 Å². The summed E-state index contributed by atoms with van der Waals surface area (Å²) in [6, 6.07) is 16.3. The average molecular weight is 283 g/mol. The molecule has 3 rings (SSSR count). The molecule has 0 aliphatic heterocycles. The number of amides is 1. The fourth-order valence-corrected chi connectivity index (χ4v) is 2.18. The molecule has 0 saturated carbocycles. The number of nitrogens with one attached hydrogen (secondary N) is 1. The monoisotopic (exact) mass is 282 g/mol. The molecule has 20 heavy (non-hydrogen) atoms. The molecule has 0 fully saturated rings. The highest BCUT2D eigenvalue weighted by Crippen LogP contribution is 2.24. The molecule has 98 valence electrons. The van der Waals surface area contributed by atoms with E-state index in [1.807, 2.05) is 24.3 Å². The van der Waals surface area contributed by atoms with Crippen LogP contribution in [0, 0.1) is 0 Å². The van der Waals surface area contributed by atoms with Crippen LogP contribution in [0.1, 0.15) is 10.4 Å². The van der Waals surface area contributed by atoms with Crippen molar-refractivity contribution >= 4 is 34.1 Å². The maximum Gasteiger partial charge on any atom is 0.255 e. The first kappa shape index (κ1) is 12.6. The molecule has 1 N–H and O–H groups in total. The van der Waals surface area contributed by atoms with Crippen molar-refractivity contribution in [2.45, 2.75) is 0 Å². The van der Waals surface area contributed by atoms with Crippen LogP contribution in [0.2, 0.25) is 5.02 Å². The number of rotatable bonds is 2. The summed E-state index contributed by atoms with van der Waals surface area (Å²) in [5, 5.41) is 4.38. The first-order chi connectivity index (χ1) is 9.74. The van der Waals surface area contributed by atoms with Crippen molar-refractivity contribution in [3.63, 3.8) is 0 Å². The van der Waals surface area contributed by atoms with Gasteiger partial charge < -0.3 is 5.32 Å². The predicted octanol–water partition coefficient (Wildman–Crippen LogP) is 4.14. The summed E-state index contributed by atoms with van der Waals surface area (Å²) < 4.78 is 0. The van der Waals surface area contributed by atoms with Gasteiger partial charge in [-0.15, -0.1) is 0 Å². The first-order valence-electron chi connectivity index (χ1n) is 6.15. The van der Waals surface area contributed by atoms with Gasteiger partial charge in [0.1, 0.15) is 0 Å². The first-order valence-corrected chi connectivity index (χ1v) is 6.52. The number of anilines is 1. The van der Waals surface area contributed by atoms with Crippen LogP contribution in [0.4, 0.5) is 5.69 Å².